The van der Waals surface area contributed by atoms with Crippen LogP contribution in [0.5, 0.6) is 0 Å². The Morgan fingerprint density at radius 2 is 1.72 bits per heavy atom. The van der Waals surface area contributed by atoms with Gasteiger partial charge in [0.2, 0.25) is 11.8 Å². The van der Waals surface area contributed by atoms with Gasteiger partial charge >= 0.3 is 0 Å². The van der Waals surface area contributed by atoms with Crippen LogP contribution < -0.4 is 0 Å². The predicted octanol–water partition coefficient (Wildman–Crippen LogP) is 2.80. The van der Waals surface area contributed by atoms with E-state index in [1.165, 1.54) is 11.8 Å². The summed E-state index contributed by atoms with van der Waals surface area (Å²) in [7, 11) is 0. The van der Waals surface area contributed by atoms with Gasteiger partial charge in [0.1, 0.15) is 5.78 Å². The Labute approximate surface area is 111 Å². The van der Waals surface area contributed by atoms with Gasteiger partial charge in [0.25, 0.3) is 0 Å². The van der Waals surface area contributed by atoms with Crippen molar-refractivity contribution < 1.29 is 14.4 Å². The lowest BCUT2D eigenvalue weighted by atomic mass is 10.1. The number of likely N-dealkylation sites (tertiary alicyclic amines) is 1. The first-order chi connectivity index (χ1) is 8.52. The summed E-state index contributed by atoms with van der Waals surface area (Å²) >= 11 is 0. The quantitative estimate of drug-likeness (QED) is 0.728. The number of hydrogen-bond acceptors (Lipinski definition) is 3. The molecule has 1 saturated heterocycles. The van der Waals surface area contributed by atoms with E-state index in [2.05, 4.69) is 0 Å². The molecule has 1 rings (SSSR count). The summed E-state index contributed by atoms with van der Waals surface area (Å²) in [5.74, 6) is -0.290. The highest BCUT2D eigenvalue weighted by Gasteiger charge is 2.34. The van der Waals surface area contributed by atoms with Crippen molar-refractivity contribution in [3.8, 4) is 0 Å². The van der Waals surface area contributed by atoms with Gasteiger partial charge in [0.15, 0.2) is 0 Å². The minimum Gasteiger partial charge on any atom is -0.300 e. The zero-order valence-corrected chi connectivity index (χ0v) is 12.6. The fraction of sp³-hybridized carbons (Fsp3) is 0.786. The molecular weight excluding hydrogens is 230 g/mol. The van der Waals surface area contributed by atoms with Gasteiger partial charge in [0.05, 0.1) is 0 Å². The standard InChI is InChI=1S/C10H15NO3.2C2H6/c1-7-6-9(13)11(10(7)14)5-3-4-8(2)12;2*1-2/h7H,3-6H2,1-2H3;2*1-2H3. The molecule has 4 nitrogen and oxygen atoms in total. The molecule has 1 heterocycles. The van der Waals surface area contributed by atoms with Crippen LogP contribution in [0, 0.1) is 5.92 Å². The average molecular weight is 257 g/mol. The lowest BCUT2D eigenvalue weighted by Crippen LogP contribution is -2.31. The summed E-state index contributed by atoms with van der Waals surface area (Å²) in [4.78, 5) is 34.6. The maximum absolute atomic E-state index is 11.4. The van der Waals surface area contributed by atoms with Gasteiger partial charge in [0, 0.05) is 25.3 Å². The van der Waals surface area contributed by atoms with Gasteiger partial charge in [-0.1, -0.05) is 34.6 Å². The van der Waals surface area contributed by atoms with Gasteiger partial charge < -0.3 is 4.79 Å². The molecule has 106 valence electrons. The monoisotopic (exact) mass is 257 g/mol. The van der Waals surface area contributed by atoms with Gasteiger partial charge in [-0.2, -0.15) is 0 Å². The molecule has 2 amide bonds. The summed E-state index contributed by atoms with van der Waals surface area (Å²) in [5.41, 5.74) is 0. The number of nitrogens with zero attached hydrogens (tertiary/aromatic N) is 1. The molecule has 4 heteroatoms. The summed E-state index contributed by atoms with van der Waals surface area (Å²) in [6, 6.07) is 0. The van der Waals surface area contributed by atoms with Crippen molar-refractivity contribution in [3.05, 3.63) is 0 Å². The molecule has 18 heavy (non-hydrogen) atoms. The van der Waals surface area contributed by atoms with Crippen molar-refractivity contribution in [1.29, 1.82) is 0 Å². The molecule has 0 aromatic rings. The molecule has 0 aromatic carbocycles. The molecule has 0 bridgehead atoms. The molecule has 0 radical (unpaired) electrons. The largest absolute Gasteiger partial charge is 0.300 e. The fourth-order valence-corrected chi connectivity index (χ4v) is 1.57. The molecule has 1 atom stereocenters. The second-order valence-corrected chi connectivity index (χ2v) is 3.79. The summed E-state index contributed by atoms with van der Waals surface area (Å²) in [6.07, 6.45) is 1.34. The number of amides is 2. The average Bonchev–Trinajstić information content (AvgIpc) is 2.60. The molecule has 1 unspecified atom stereocenters. The van der Waals surface area contributed by atoms with Crippen LogP contribution >= 0.6 is 0 Å². The minimum absolute atomic E-state index is 0.0946. The number of Topliss-reactive ketones (excluding diaryl/α,β-unsaturated/α-hetero) is 1. The van der Waals surface area contributed by atoms with E-state index in [9.17, 15) is 14.4 Å². The Kier molecular flexibility index (Phi) is 11.6. The van der Waals surface area contributed by atoms with Gasteiger partial charge in [-0.3, -0.25) is 14.5 Å². The number of carbonyl (C=O) groups is 3. The van der Waals surface area contributed by atoms with E-state index in [1.54, 1.807) is 6.92 Å². The van der Waals surface area contributed by atoms with Crippen LogP contribution in [0.2, 0.25) is 0 Å². The second-order valence-electron chi connectivity index (χ2n) is 3.79. The maximum Gasteiger partial charge on any atom is 0.232 e. The SMILES string of the molecule is CC.CC.CC(=O)CCCN1C(=O)CC(C)C1=O. The number of carbonyl (C=O) groups excluding carboxylic acids is 3. The van der Waals surface area contributed by atoms with E-state index < -0.39 is 0 Å². The third-order valence-electron chi connectivity index (χ3n) is 2.38. The molecule has 1 aliphatic heterocycles. The van der Waals surface area contributed by atoms with Crippen molar-refractivity contribution in [1.82, 2.24) is 4.90 Å². The van der Waals surface area contributed by atoms with Crippen molar-refractivity contribution in [2.24, 2.45) is 5.92 Å². The van der Waals surface area contributed by atoms with Gasteiger partial charge in [-0.05, 0) is 13.3 Å². The molecule has 0 aromatic heterocycles. The molecule has 0 spiro atoms. The van der Waals surface area contributed by atoms with E-state index in [0.717, 1.165) is 0 Å². The number of rotatable bonds is 4. The smallest absolute Gasteiger partial charge is 0.232 e. The lowest BCUT2D eigenvalue weighted by molar-refractivity contribution is -0.139. The molecular formula is C14H27NO3. The van der Waals surface area contributed by atoms with Crippen molar-refractivity contribution in [2.75, 3.05) is 6.54 Å². The highest BCUT2D eigenvalue weighted by Crippen LogP contribution is 2.18. The number of ketones is 1. The van der Waals surface area contributed by atoms with Crippen LogP contribution in [0.15, 0.2) is 0 Å². The van der Waals surface area contributed by atoms with E-state index in [4.69, 9.17) is 0 Å². The fourth-order valence-electron chi connectivity index (χ4n) is 1.57. The normalized spacial score (nSPS) is 17.7. The van der Waals surface area contributed by atoms with Crippen LogP contribution in [0.4, 0.5) is 0 Å². The van der Waals surface area contributed by atoms with Gasteiger partial charge in [-0.25, -0.2) is 0 Å². The van der Waals surface area contributed by atoms with E-state index in [1.807, 2.05) is 27.7 Å². The topological polar surface area (TPSA) is 54.5 Å². The highest BCUT2D eigenvalue weighted by molar-refractivity contribution is 6.03. The van der Waals surface area contributed by atoms with E-state index in [0.29, 0.717) is 25.8 Å². The molecule has 0 saturated carbocycles. The first-order valence-corrected chi connectivity index (χ1v) is 6.86. The van der Waals surface area contributed by atoms with E-state index in [-0.39, 0.29) is 23.5 Å². The number of hydrogen-bond donors (Lipinski definition) is 0. The summed E-state index contributed by atoms with van der Waals surface area (Å²) in [5, 5.41) is 0. The van der Waals surface area contributed by atoms with Crippen LogP contribution in [-0.2, 0) is 14.4 Å². The van der Waals surface area contributed by atoms with E-state index >= 15 is 0 Å². The summed E-state index contributed by atoms with van der Waals surface area (Å²) < 4.78 is 0. The Morgan fingerprint density at radius 3 is 2.06 bits per heavy atom. The second kappa shape index (κ2) is 10.9. The third kappa shape index (κ3) is 6.52. The molecule has 0 N–H and O–H groups in total. The van der Waals surface area contributed by atoms with Gasteiger partial charge in [-0.15, -0.1) is 0 Å². The molecule has 1 fully saturated rings. The molecule has 1 aliphatic rings. The predicted molar refractivity (Wildman–Crippen MR) is 73.1 cm³/mol. The van der Waals surface area contributed by atoms with Crippen LogP contribution in [-0.4, -0.2) is 29.0 Å². The Balaban J connectivity index is 0. The van der Waals surface area contributed by atoms with Crippen molar-refractivity contribution in [2.45, 2.75) is 60.8 Å². The van der Waals surface area contributed by atoms with Crippen molar-refractivity contribution >= 4 is 17.6 Å². The van der Waals surface area contributed by atoms with Crippen LogP contribution in [0.3, 0.4) is 0 Å². The first kappa shape index (κ1) is 19.2. The highest BCUT2D eigenvalue weighted by atomic mass is 16.2. The first-order valence-electron chi connectivity index (χ1n) is 6.86. The minimum atomic E-state index is -0.181. The lowest BCUT2D eigenvalue weighted by Gasteiger charge is -2.13. The maximum atomic E-state index is 11.4. The Morgan fingerprint density at radius 1 is 1.22 bits per heavy atom. The number of imide groups is 1. The van der Waals surface area contributed by atoms with Crippen LogP contribution in [0.25, 0.3) is 0 Å². The Hall–Kier alpha value is -1.19. The molecule has 0 aliphatic carbocycles. The zero-order valence-electron chi connectivity index (χ0n) is 12.6. The third-order valence-corrected chi connectivity index (χ3v) is 2.38. The Bertz CT molecular complexity index is 274. The zero-order chi connectivity index (χ0) is 14.7. The summed E-state index contributed by atoms with van der Waals surface area (Å²) in [6.45, 7) is 11.7. The van der Waals surface area contributed by atoms with Crippen molar-refractivity contribution in [3.63, 3.8) is 0 Å². The van der Waals surface area contributed by atoms with Crippen LogP contribution in [0.1, 0.15) is 60.8 Å².